The molecule has 2 rings (SSSR count). The topological polar surface area (TPSA) is 36.4 Å². The fourth-order valence-electron chi connectivity index (χ4n) is 1.23. The van der Waals surface area contributed by atoms with E-state index in [0.29, 0.717) is 6.67 Å². The number of aliphatic imine (C=N–C) groups is 1. The first-order chi connectivity index (χ1) is 5.97. The van der Waals surface area contributed by atoms with Crippen molar-refractivity contribution in [2.24, 2.45) is 4.99 Å². The van der Waals surface area contributed by atoms with Gasteiger partial charge in [0, 0.05) is 18.0 Å². The quantitative estimate of drug-likeness (QED) is 0.589. The van der Waals surface area contributed by atoms with E-state index in [1.54, 1.807) is 0 Å². The number of rotatable bonds is 1. The predicted molar refractivity (Wildman–Crippen MR) is 49.8 cm³/mol. The first kappa shape index (κ1) is 7.16. The Morgan fingerprint density at radius 2 is 2.42 bits per heavy atom. The van der Waals surface area contributed by atoms with Gasteiger partial charge in [0.1, 0.15) is 6.67 Å². The van der Waals surface area contributed by atoms with E-state index >= 15 is 0 Å². The molecule has 0 bridgehead atoms. The Labute approximate surface area is 71.6 Å². The van der Waals surface area contributed by atoms with Gasteiger partial charge in [0.05, 0.1) is 6.04 Å². The van der Waals surface area contributed by atoms with E-state index < -0.39 is 0 Å². The molecule has 0 aromatic heterocycles. The molecule has 2 N–H and O–H groups in total. The number of dihydropyridines is 1. The molecule has 2 aliphatic rings. The summed E-state index contributed by atoms with van der Waals surface area (Å²) in [6.45, 7) is 0.690. The van der Waals surface area contributed by atoms with Crippen molar-refractivity contribution in [3.05, 3.63) is 36.2 Å². The van der Waals surface area contributed by atoms with Crippen LogP contribution in [0, 0.1) is 0 Å². The lowest BCUT2D eigenvalue weighted by Gasteiger charge is -2.18. The summed E-state index contributed by atoms with van der Waals surface area (Å²) in [6.07, 6.45) is 11.9. The average molecular weight is 161 g/mol. The van der Waals surface area contributed by atoms with E-state index in [0.717, 1.165) is 0 Å². The molecule has 2 aliphatic heterocycles. The third-order valence-corrected chi connectivity index (χ3v) is 1.84. The minimum absolute atomic E-state index is 0.270. The Morgan fingerprint density at radius 3 is 3.08 bits per heavy atom. The van der Waals surface area contributed by atoms with Crippen LogP contribution in [0.5, 0.6) is 0 Å². The summed E-state index contributed by atoms with van der Waals surface area (Å²) >= 11 is 0. The molecule has 0 amide bonds. The maximum atomic E-state index is 4.13. The molecule has 2 heterocycles. The number of nitrogens with one attached hydrogen (secondary N) is 2. The van der Waals surface area contributed by atoms with Gasteiger partial charge in [-0.05, 0) is 12.3 Å². The van der Waals surface area contributed by atoms with Crippen LogP contribution < -0.4 is 10.6 Å². The highest BCUT2D eigenvalue weighted by Gasteiger charge is 2.09. The van der Waals surface area contributed by atoms with Gasteiger partial charge in [0.25, 0.3) is 0 Å². The summed E-state index contributed by atoms with van der Waals surface area (Å²) in [5.41, 5.74) is 1.17. The molecule has 12 heavy (non-hydrogen) atoms. The van der Waals surface area contributed by atoms with Gasteiger partial charge in [0.15, 0.2) is 0 Å². The summed E-state index contributed by atoms with van der Waals surface area (Å²) in [5, 5.41) is 6.30. The lowest BCUT2D eigenvalue weighted by molar-refractivity contribution is 0.777. The molecular weight excluding hydrogens is 150 g/mol. The largest absolute Gasteiger partial charge is 0.380 e. The molecule has 0 radical (unpaired) electrons. The Hall–Kier alpha value is -1.51. The molecule has 0 aromatic rings. The van der Waals surface area contributed by atoms with Gasteiger partial charge in [-0.25, -0.2) is 0 Å². The van der Waals surface area contributed by atoms with Gasteiger partial charge in [-0.3, -0.25) is 4.99 Å². The van der Waals surface area contributed by atoms with E-state index in [4.69, 9.17) is 0 Å². The van der Waals surface area contributed by atoms with Crippen LogP contribution in [0.15, 0.2) is 41.2 Å². The van der Waals surface area contributed by atoms with E-state index in [9.17, 15) is 0 Å². The van der Waals surface area contributed by atoms with E-state index in [-0.39, 0.29) is 6.04 Å². The maximum Gasteiger partial charge on any atom is 0.107 e. The van der Waals surface area contributed by atoms with E-state index in [2.05, 4.69) is 21.7 Å². The second kappa shape index (κ2) is 3.26. The van der Waals surface area contributed by atoms with E-state index in [1.807, 2.05) is 30.8 Å². The first-order valence-electron chi connectivity index (χ1n) is 3.99. The monoisotopic (exact) mass is 161 g/mol. The minimum Gasteiger partial charge on any atom is -0.380 e. The third-order valence-electron chi connectivity index (χ3n) is 1.84. The lowest BCUT2D eigenvalue weighted by atomic mass is 10.1. The molecule has 0 saturated heterocycles. The zero-order valence-corrected chi connectivity index (χ0v) is 6.70. The van der Waals surface area contributed by atoms with Gasteiger partial charge in [0.2, 0.25) is 0 Å². The average Bonchev–Trinajstić information content (AvgIpc) is 2.21. The van der Waals surface area contributed by atoms with Crippen LogP contribution in [0.2, 0.25) is 0 Å². The number of nitrogens with zero attached hydrogens (tertiary/aromatic N) is 1. The van der Waals surface area contributed by atoms with Crippen LogP contribution in [0.1, 0.15) is 0 Å². The van der Waals surface area contributed by atoms with Gasteiger partial charge in [-0.2, -0.15) is 0 Å². The highest BCUT2D eigenvalue weighted by Crippen LogP contribution is 2.05. The van der Waals surface area contributed by atoms with Crippen molar-refractivity contribution in [3.8, 4) is 0 Å². The third kappa shape index (κ3) is 1.39. The van der Waals surface area contributed by atoms with Crippen LogP contribution in [0.3, 0.4) is 0 Å². The Balaban J connectivity index is 2.09. The second-order valence-corrected chi connectivity index (χ2v) is 2.71. The fourth-order valence-corrected chi connectivity index (χ4v) is 1.23. The van der Waals surface area contributed by atoms with Gasteiger partial charge >= 0.3 is 0 Å². The van der Waals surface area contributed by atoms with Crippen LogP contribution in [0.4, 0.5) is 0 Å². The minimum atomic E-state index is 0.270. The van der Waals surface area contributed by atoms with Gasteiger partial charge < -0.3 is 10.6 Å². The highest BCUT2D eigenvalue weighted by atomic mass is 15.0. The number of hydrogen-bond acceptors (Lipinski definition) is 3. The van der Waals surface area contributed by atoms with Crippen molar-refractivity contribution in [1.82, 2.24) is 10.6 Å². The lowest BCUT2D eigenvalue weighted by Crippen LogP contribution is -2.29. The predicted octanol–water partition coefficient (Wildman–Crippen LogP) is 0.543. The highest BCUT2D eigenvalue weighted by molar-refractivity contribution is 5.81. The summed E-state index contributed by atoms with van der Waals surface area (Å²) < 4.78 is 0. The normalized spacial score (nSPS) is 26.0. The summed E-state index contributed by atoms with van der Waals surface area (Å²) in [5.74, 6) is 0. The molecule has 62 valence electrons. The molecule has 1 unspecified atom stereocenters. The van der Waals surface area contributed by atoms with Crippen LogP contribution in [-0.2, 0) is 0 Å². The van der Waals surface area contributed by atoms with Crippen molar-refractivity contribution in [2.75, 3.05) is 6.67 Å². The standard InChI is InChI=1S/C9H11N3/c1-2-4-12-9(3-1)8-5-10-7-11-6-8/h1-6,9-10,12H,7H2. The molecule has 3 nitrogen and oxygen atoms in total. The van der Waals surface area contributed by atoms with Gasteiger partial charge in [-0.15, -0.1) is 0 Å². The Kier molecular flexibility index (Phi) is 1.94. The fraction of sp³-hybridized carbons (Fsp3) is 0.222. The molecule has 1 atom stereocenters. The zero-order chi connectivity index (χ0) is 8.23. The molecule has 0 fully saturated rings. The van der Waals surface area contributed by atoms with Crippen molar-refractivity contribution in [3.63, 3.8) is 0 Å². The molecule has 0 saturated carbocycles. The van der Waals surface area contributed by atoms with E-state index in [1.165, 1.54) is 5.57 Å². The molecule has 0 aliphatic carbocycles. The molecule has 0 spiro atoms. The SMILES string of the molecule is C1=CNC(C2=CNCN=C2)C=C1. The smallest absolute Gasteiger partial charge is 0.107 e. The Morgan fingerprint density at radius 1 is 1.42 bits per heavy atom. The number of allylic oxidation sites excluding steroid dienone is 2. The van der Waals surface area contributed by atoms with Crippen molar-refractivity contribution >= 4 is 6.21 Å². The van der Waals surface area contributed by atoms with Crippen molar-refractivity contribution < 1.29 is 0 Å². The zero-order valence-electron chi connectivity index (χ0n) is 6.70. The summed E-state index contributed by atoms with van der Waals surface area (Å²) in [4.78, 5) is 4.13. The second-order valence-electron chi connectivity index (χ2n) is 2.71. The molecule has 3 heteroatoms. The maximum absolute atomic E-state index is 4.13. The molecule has 0 aromatic carbocycles. The molecular formula is C9H11N3. The van der Waals surface area contributed by atoms with Gasteiger partial charge in [-0.1, -0.05) is 12.2 Å². The van der Waals surface area contributed by atoms with Crippen LogP contribution in [0.25, 0.3) is 0 Å². The van der Waals surface area contributed by atoms with Crippen molar-refractivity contribution in [2.45, 2.75) is 6.04 Å². The summed E-state index contributed by atoms with van der Waals surface area (Å²) in [6, 6.07) is 0.270. The Bertz CT molecular complexity index is 273. The summed E-state index contributed by atoms with van der Waals surface area (Å²) in [7, 11) is 0. The number of hydrogen-bond donors (Lipinski definition) is 2. The first-order valence-corrected chi connectivity index (χ1v) is 3.99. The van der Waals surface area contributed by atoms with Crippen LogP contribution in [-0.4, -0.2) is 18.9 Å². The van der Waals surface area contributed by atoms with Crippen LogP contribution >= 0.6 is 0 Å². The van der Waals surface area contributed by atoms with Crippen molar-refractivity contribution in [1.29, 1.82) is 0 Å².